The zero-order valence-corrected chi connectivity index (χ0v) is 16.2. The highest BCUT2D eigenvalue weighted by Crippen LogP contribution is 2.27. The van der Waals surface area contributed by atoms with Crippen LogP contribution in [0.25, 0.3) is 11.4 Å². The highest BCUT2D eigenvalue weighted by atomic mass is 35.5. The molecule has 6 nitrogen and oxygen atoms in total. The zero-order valence-electron chi connectivity index (χ0n) is 14.6. The molecule has 0 amide bonds. The zero-order chi connectivity index (χ0) is 18.6. The summed E-state index contributed by atoms with van der Waals surface area (Å²) in [6.45, 7) is 1.46. The topological polar surface area (TPSA) is 72.8 Å². The molecule has 1 aliphatic rings. The first-order valence-corrected chi connectivity index (χ1v) is 10.2. The third kappa shape index (κ3) is 4.26. The molecule has 27 heavy (non-hydrogen) atoms. The second kappa shape index (κ2) is 8.29. The van der Waals surface area contributed by atoms with Crippen molar-refractivity contribution in [2.75, 3.05) is 12.4 Å². The average molecular weight is 403 g/mol. The normalized spacial score (nSPS) is 16.7. The van der Waals surface area contributed by atoms with Crippen molar-refractivity contribution >= 4 is 29.1 Å². The first kappa shape index (κ1) is 18.3. The van der Waals surface area contributed by atoms with Crippen molar-refractivity contribution in [3.8, 4) is 11.4 Å². The molecule has 1 N–H and O–H groups in total. The maximum absolute atomic E-state index is 12.3. The monoisotopic (exact) mass is 402 g/mol. The van der Waals surface area contributed by atoms with E-state index >= 15 is 0 Å². The average Bonchev–Trinajstić information content (AvgIpc) is 3.44. The molecule has 1 atom stereocenters. The van der Waals surface area contributed by atoms with Gasteiger partial charge in [-0.3, -0.25) is 9.36 Å². The minimum atomic E-state index is 0.0321. The van der Waals surface area contributed by atoms with Crippen molar-refractivity contribution < 1.29 is 9.53 Å². The number of nitrogens with zero attached hydrogens (tertiary/aromatic N) is 3. The molecule has 2 aromatic heterocycles. The van der Waals surface area contributed by atoms with E-state index in [1.54, 1.807) is 12.3 Å². The van der Waals surface area contributed by atoms with Crippen molar-refractivity contribution in [1.82, 2.24) is 19.7 Å². The largest absolute Gasteiger partial charge is 0.376 e. The van der Waals surface area contributed by atoms with Gasteiger partial charge in [0.1, 0.15) is 0 Å². The van der Waals surface area contributed by atoms with Crippen LogP contribution < -0.4 is 0 Å². The van der Waals surface area contributed by atoms with E-state index in [0.717, 1.165) is 36.0 Å². The van der Waals surface area contributed by atoms with Crippen LogP contribution in [0, 0.1) is 0 Å². The number of ketones is 1. The van der Waals surface area contributed by atoms with Crippen LogP contribution in [0.15, 0.2) is 47.8 Å². The maximum atomic E-state index is 12.3. The molecule has 3 heterocycles. The summed E-state index contributed by atoms with van der Waals surface area (Å²) in [5.74, 6) is 1.09. The van der Waals surface area contributed by atoms with Crippen LogP contribution in [-0.4, -0.2) is 44.0 Å². The number of ether oxygens (including phenoxy) is 1. The van der Waals surface area contributed by atoms with E-state index in [1.165, 1.54) is 11.8 Å². The van der Waals surface area contributed by atoms with Crippen LogP contribution in [0.4, 0.5) is 0 Å². The van der Waals surface area contributed by atoms with Crippen LogP contribution >= 0.6 is 23.4 Å². The van der Waals surface area contributed by atoms with E-state index in [9.17, 15) is 4.79 Å². The van der Waals surface area contributed by atoms with E-state index in [1.807, 2.05) is 34.9 Å². The van der Waals surface area contributed by atoms with Gasteiger partial charge in [0, 0.05) is 23.4 Å². The Kier molecular flexibility index (Phi) is 5.61. The Morgan fingerprint density at radius 3 is 2.85 bits per heavy atom. The summed E-state index contributed by atoms with van der Waals surface area (Å²) in [5.41, 5.74) is 1.54. The Bertz CT molecular complexity index is 902. The SMILES string of the molecule is O=C(CSc1nnc(-c2ccc(Cl)cc2)n1CC1CCCO1)c1ccc[nH]1. The van der Waals surface area contributed by atoms with Crippen LogP contribution in [0.1, 0.15) is 23.3 Å². The molecule has 1 saturated heterocycles. The van der Waals surface area contributed by atoms with Gasteiger partial charge < -0.3 is 9.72 Å². The van der Waals surface area contributed by atoms with E-state index in [0.29, 0.717) is 23.0 Å². The molecular formula is C19H19ClN4O2S. The van der Waals surface area contributed by atoms with Gasteiger partial charge >= 0.3 is 0 Å². The Labute approximate surface area is 166 Å². The van der Waals surface area contributed by atoms with Gasteiger partial charge in [-0.05, 0) is 49.2 Å². The molecule has 0 saturated carbocycles. The summed E-state index contributed by atoms with van der Waals surface area (Å²) in [7, 11) is 0. The highest BCUT2D eigenvalue weighted by Gasteiger charge is 2.22. The summed E-state index contributed by atoms with van der Waals surface area (Å²) in [6.07, 6.45) is 3.97. The fourth-order valence-electron chi connectivity index (χ4n) is 3.08. The number of Topliss-reactive ketones (excluding diaryl/α,β-unsaturated/α-hetero) is 1. The first-order valence-electron chi connectivity index (χ1n) is 8.81. The number of rotatable bonds is 7. The van der Waals surface area contributed by atoms with Gasteiger partial charge in [0.25, 0.3) is 0 Å². The van der Waals surface area contributed by atoms with Gasteiger partial charge in [0.2, 0.25) is 0 Å². The highest BCUT2D eigenvalue weighted by molar-refractivity contribution is 7.99. The number of carbonyl (C=O) groups excluding carboxylic acids is 1. The second-order valence-corrected chi connectivity index (χ2v) is 7.73. The van der Waals surface area contributed by atoms with Crippen LogP contribution in [0.2, 0.25) is 5.02 Å². The van der Waals surface area contributed by atoms with Crippen molar-refractivity contribution in [3.05, 3.63) is 53.3 Å². The van der Waals surface area contributed by atoms with Crippen molar-refractivity contribution in [2.45, 2.75) is 30.6 Å². The lowest BCUT2D eigenvalue weighted by Crippen LogP contribution is -2.17. The maximum Gasteiger partial charge on any atom is 0.192 e. The van der Waals surface area contributed by atoms with Crippen LogP contribution in [0.3, 0.4) is 0 Å². The number of aromatic nitrogens is 4. The number of thioether (sulfide) groups is 1. The summed E-state index contributed by atoms with van der Waals surface area (Å²) in [6, 6.07) is 11.1. The summed E-state index contributed by atoms with van der Waals surface area (Å²) >= 11 is 7.40. The van der Waals surface area contributed by atoms with Gasteiger partial charge in [-0.15, -0.1) is 10.2 Å². The minimum Gasteiger partial charge on any atom is -0.376 e. The van der Waals surface area contributed by atoms with Gasteiger partial charge in [0.15, 0.2) is 16.8 Å². The van der Waals surface area contributed by atoms with E-state index in [4.69, 9.17) is 16.3 Å². The van der Waals surface area contributed by atoms with Crippen LogP contribution in [0.5, 0.6) is 0 Å². The minimum absolute atomic E-state index is 0.0321. The molecular weight excluding hydrogens is 384 g/mol. The van der Waals surface area contributed by atoms with Crippen molar-refractivity contribution in [1.29, 1.82) is 0 Å². The third-order valence-corrected chi connectivity index (χ3v) is 5.68. The van der Waals surface area contributed by atoms with Gasteiger partial charge in [-0.25, -0.2) is 0 Å². The lowest BCUT2D eigenvalue weighted by molar-refractivity contribution is 0.0953. The molecule has 0 radical (unpaired) electrons. The van der Waals surface area contributed by atoms with Crippen molar-refractivity contribution in [3.63, 3.8) is 0 Å². The number of nitrogens with one attached hydrogen (secondary N) is 1. The van der Waals surface area contributed by atoms with Gasteiger partial charge in [-0.2, -0.15) is 0 Å². The number of hydrogen-bond acceptors (Lipinski definition) is 5. The Morgan fingerprint density at radius 1 is 1.30 bits per heavy atom. The lowest BCUT2D eigenvalue weighted by Gasteiger charge is -2.14. The standard InChI is InChI=1S/C19H19ClN4O2S/c20-14-7-5-13(6-8-14)18-22-23-19(24(18)11-15-3-2-10-26-15)27-12-17(25)16-4-1-9-21-16/h1,4-9,15,21H,2-3,10-12H2. The molecule has 1 aliphatic heterocycles. The Morgan fingerprint density at radius 2 is 2.15 bits per heavy atom. The lowest BCUT2D eigenvalue weighted by atomic mass is 10.2. The molecule has 1 aromatic carbocycles. The summed E-state index contributed by atoms with van der Waals surface area (Å²) in [5, 5.41) is 10.1. The fraction of sp³-hybridized carbons (Fsp3) is 0.316. The number of benzene rings is 1. The van der Waals surface area contributed by atoms with Crippen LogP contribution in [-0.2, 0) is 11.3 Å². The van der Waals surface area contributed by atoms with Gasteiger partial charge in [-0.1, -0.05) is 23.4 Å². The predicted molar refractivity (Wildman–Crippen MR) is 105 cm³/mol. The number of H-pyrrole nitrogens is 1. The number of halogens is 1. The molecule has 0 spiro atoms. The fourth-order valence-corrected chi connectivity index (χ4v) is 4.03. The molecule has 1 unspecified atom stereocenters. The molecule has 0 aliphatic carbocycles. The van der Waals surface area contributed by atoms with E-state index in [2.05, 4.69) is 15.2 Å². The number of hydrogen-bond donors (Lipinski definition) is 1. The third-order valence-electron chi connectivity index (χ3n) is 4.46. The quantitative estimate of drug-likeness (QED) is 0.476. The summed E-state index contributed by atoms with van der Waals surface area (Å²) < 4.78 is 7.84. The molecule has 140 valence electrons. The Balaban J connectivity index is 1.58. The number of carbonyl (C=O) groups is 1. The number of aromatic amines is 1. The molecule has 3 aromatic rings. The Hall–Kier alpha value is -2.09. The molecule has 1 fully saturated rings. The molecule has 8 heteroatoms. The molecule has 4 rings (SSSR count). The smallest absolute Gasteiger partial charge is 0.192 e. The van der Waals surface area contributed by atoms with E-state index in [-0.39, 0.29) is 11.9 Å². The molecule has 0 bridgehead atoms. The second-order valence-electron chi connectivity index (χ2n) is 6.35. The van der Waals surface area contributed by atoms with Gasteiger partial charge in [0.05, 0.1) is 24.1 Å². The first-order chi connectivity index (χ1) is 13.2. The summed E-state index contributed by atoms with van der Waals surface area (Å²) in [4.78, 5) is 15.2. The predicted octanol–water partition coefficient (Wildman–Crippen LogP) is 4.08. The van der Waals surface area contributed by atoms with Crippen molar-refractivity contribution in [2.24, 2.45) is 0 Å². The van der Waals surface area contributed by atoms with E-state index < -0.39 is 0 Å².